The largest absolute Gasteiger partial charge is 0.384 e. The number of anilines is 1. The number of aromatic nitrogens is 3. The van der Waals surface area contributed by atoms with Gasteiger partial charge in [0.25, 0.3) is 0 Å². The van der Waals surface area contributed by atoms with E-state index in [9.17, 15) is 0 Å². The number of rotatable bonds is 5. The molecule has 2 heterocycles. The number of hydrogen-bond acceptors (Lipinski definition) is 7. The fourth-order valence-corrected chi connectivity index (χ4v) is 3.26. The Morgan fingerprint density at radius 2 is 2.12 bits per heavy atom. The second-order valence-electron chi connectivity index (χ2n) is 3.43. The Morgan fingerprint density at radius 1 is 1.29 bits per heavy atom. The van der Waals surface area contributed by atoms with Crippen LogP contribution in [-0.2, 0) is 17.6 Å². The molecule has 0 fully saturated rings. The molecule has 2 aromatic heterocycles. The molecule has 0 aliphatic heterocycles. The maximum atomic E-state index is 5.60. The zero-order chi connectivity index (χ0) is 12.3. The van der Waals surface area contributed by atoms with E-state index in [4.69, 9.17) is 10.5 Å². The molecule has 0 spiro atoms. The maximum absolute atomic E-state index is 5.60. The molecule has 0 amide bonds. The molecule has 0 aromatic carbocycles. The molecule has 0 aliphatic carbocycles. The Morgan fingerprint density at radius 3 is 2.71 bits per heavy atom. The topological polar surface area (TPSA) is 73.9 Å². The molecule has 0 saturated heterocycles. The first-order chi connectivity index (χ1) is 8.24. The molecule has 0 bridgehead atoms. The van der Waals surface area contributed by atoms with Gasteiger partial charge in [-0.2, -0.15) is 0 Å². The summed E-state index contributed by atoms with van der Waals surface area (Å²) in [6.45, 7) is 2.78. The van der Waals surface area contributed by atoms with Gasteiger partial charge >= 0.3 is 0 Å². The fourth-order valence-electron chi connectivity index (χ4n) is 1.43. The number of methoxy groups -OCH3 is 1. The molecule has 17 heavy (non-hydrogen) atoms. The van der Waals surface area contributed by atoms with Crippen LogP contribution >= 0.6 is 22.7 Å². The van der Waals surface area contributed by atoms with Crippen molar-refractivity contribution in [3.63, 3.8) is 0 Å². The Hall–Kier alpha value is -1.05. The molecule has 5 nitrogen and oxygen atoms in total. The van der Waals surface area contributed by atoms with Crippen molar-refractivity contribution < 1.29 is 4.74 Å². The summed E-state index contributed by atoms with van der Waals surface area (Å²) in [5.74, 6) is 0. The van der Waals surface area contributed by atoms with Gasteiger partial charge in [-0.25, -0.2) is 4.98 Å². The van der Waals surface area contributed by atoms with E-state index in [1.165, 1.54) is 11.3 Å². The summed E-state index contributed by atoms with van der Waals surface area (Å²) in [5.41, 5.74) is 6.67. The number of thiazole rings is 1. The summed E-state index contributed by atoms with van der Waals surface area (Å²) in [5, 5.41) is 10.3. The van der Waals surface area contributed by atoms with Gasteiger partial charge in [0, 0.05) is 13.5 Å². The SMILES string of the molecule is CCc1nc(CCOC)sc1-c1nnc(N)s1. The van der Waals surface area contributed by atoms with Crippen LogP contribution in [0.4, 0.5) is 5.13 Å². The standard InChI is InChI=1S/C10H14N4OS2/c1-3-6-8(9-13-14-10(11)17-9)16-7(12-6)4-5-15-2/h3-5H2,1-2H3,(H2,11,14). The van der Waals surface area contributed by atoms with Crippen LogP contribution in [0.15, 0.2) is 0 Å². The predicted molar refractivity (Wildman–Crippen MR) is 70.4 cm³/mol. The highest BCUT2D eigenvalue weighted by Crippen LogP contribution is 2.33. The van der Waals surface area contributed by atoms with Gasteiger partial charge in [-0.05, 0) is 6.42 Å². The summed E-state index contributed by atoms with van der Waals surface area (Å²) in [7, 11) is 1.70. The van der Waals surface area contributed by atoms with Gasteiger partial charge in [0.15, 0.2) is 5.01 Å². The predicted octanol–water partition coefficient (Wildman–Crippen LogP) is 2.00. The summed E-state index contributed by atoms with van der Waals surface area (Å²) in [6.07, 6.45) is 1.72. The third-order valence-electron chi connectivity index (χ3n) is 2.23. The number of nitrogens with two attached hydrogens (primary N) is 1. The van der Waals surface area contributed by atoms with Crippen molar-refractivity contribution in [1.29, 1.82) is 0 Å². The van der Waals surface area contributed by atoms with Crippen LogP contribution < -0.4 is 5.73 Å². The van der Waals surface area contributed by atoms with E-state index in [2.05, 4.69) is 22.1 Å². The smallest absolute Gasteiger partial charge is 0.203 e. The molecule has 0 unspecified atom stereocenters. The molecule has 0 atom stereocenters. The minimum absolute atomic E-state index is 0.494. The molecule has 2 N–H and O–H groups in total. The minimum Gasteiger partial charge on any atom is -0.384 e. The van der Waals surface area contributed by atoms with Gasteiger partial charge in [0.05, 0.1) is 22.2 Å². The number of aryl methyl sites for hydroxylation is 1. The molecule has 0 radical (unpaired) electrons. The third kappa shape index (κ3) is 2.80. The van der Waals surface area contributed by atoms with Crippen LogP contribution in [0.2, 0.25) is 0 Å². The van der Waals surface area contributed by atoms with E-state index in [-0.39, 0.29) is 0 Å². The number of ether oxygens (including phenoxy) is 1. The molecule has 0 aliphatic rings. The van der Waals surface area contributed by atoms with Crippen molar-refractivity contribution >= 4 is 27.8 Å². The van der Waals surface area contributed by atoms with Gasteiger partial charge in [-0.3, -0.25) is 0 Å². The lowest BCUT2D eigenvalue weighted by molar-refractivity contribution is 0.202. The van der Waals surface area contributed by atoms with Crippen molar-refractivity contribution in [3.8, 4) is 9.88 Å². The van der Waals surface area contributed by atoms with Crippen molar-refractivity contribution in [2.75, 3.05) is 19.5 Å². The van der Waals surface area contributed by atoms with Crippen molar-refractivity contribution in [3.05, 3.63) is 10.7 Å². The quantitative estimate of drug-likeness (QED) is 0.899. The van der Waals surface area contributed by atoms with Gasteiger partial charge in [-0.1, -0.05) is 18.3 Å². The van der Waals surface area contributed by atoms with Crippen LogP contribution in [0.25, 0.3) is 9.88 Å². The van der Waals surface area contributed by atoms with E-state index in [0.717, 1.165) is 33.4 Å². The van der Waals surface area contributed by atoms with Gasteiger partial charge < -0.3 is 10.5 Å². The van der Waals surface area contributed by atoms with E-state index in [1.807, 2.05) is 0 Å². The van der Waals surface area contributed by atoms with Crippen molar-refractivity contribution in [2.45, 2.75) is 19.8 Å². The van der Waals surface area contributed by atoms with Gasteiger partial charge in [-0.15, -0.1) is 21.5 Å². The first-order valence-corrected chi connectivity index (χ1v) is 6.94. The Labute approximate surface area is 108 Å². The van der Waals surface area contributed by atoms with Gasteiger partial charge in [0.2, 0.25) is 5.13 Å². The highest BCUT2D eigenvalue weighted by Gasteiger charge is 2.15. The molecule has 2 aromatic rings. The molecule has 92 valence electrons. The van der Waals surface area contributed by atoms with E-state index in [1.54, 1.807) is 18.4 Å². The average Bonchev–Trinajstić information content (AvgIpc) is 2.92. The zero-order valence-corrected chi connectivity index (χ0v) is 11.4. The van der Waals surface area contributed by atoms with E-state index < -0.39 is 0 Å². The summed E-state index contributed by atoms with van der Waals surface area (Å²) < 4.78 is 5.06. The molecule has 7 heteroatoms. The first-order valence-electron chi connectivity index (χ1n) is 5.31. The maximum Gasteiger partial charge on any atom is 0.203 e. The normalized spacial score (nSPS) is 10.9. The summed E-state index contributed by atoms with van der Waals surface area (Å²) >= 11 is 3.05. The highest BCUT2D eigenvalue weighted by molar-refractivity contribution is 7.23. The second-order valence-corrected chi connectivity index (χ2v) is 5.52. The molecular weight excluding hydrogens is 256 g/mol. The fraction of sp³-hybridized carbons (Fsp3) is 0.500. The number of nitrogen functional groups attached to an aromatic ring is 1. The van der Waals surface area contributed by atoms with Crippen LogP contribution in [-0.4, -0.2) is 28.9 Å². The monoisotopic (exact) mass is 270 g/mol. The lowest BCUT2D eigenvalue weighted by Crippen LogP contribution is -1.93. The van der Waals surface area contributed by atoms with Crippen molar-refractivity contribution in [1.82, 2.24) is 15.2 Å². The Bertz CT molecular complexity index is 494. The Balaban J connectivity index is 2.29. The third-order valence-corrected chi connectivity index (χ3v) is 4.29. The van der Waals surface area contributed by atoms with Crippen LogP contribution in [0, 0.1) is 0 Å². The lowest BCUT2D eigenvalue weighted by Gasteiger charge is -1.92. The second kappa shape index (κ2) is 5.52. The lowest BCUT2D eigenvalue weighted by atomic mass is 10.3. The zero-order valence-electron chi connectivity index (χ0n) is 9.77. The van der Waals surface area contributed by atoms with Crippen LogP contribution in [0.1, 0.15) is 17.6 Å². The highest BCUT2D eigenvalue weighted by atomic mass is 32.1. The van der Waals surface area contributed by atoms with Crippen LogP contribution in [0.3, 0.4) is 0 Å². The first kappa shape index (κ1) is 12.4. The average molecular weight is 270 g/mol. The summed E-state index contributed by atoms with van der Waals surface area (Å²) in [6, 6.07) is 0. The van der Waals surface area contributed by atoms with E-state index in [0.29, 0.717) is 11.7 Å². The molecule has 2 rings (SSSR count). The van der Waals surface area contributed by atoms with Crippen molar-refractivity contribution in [2.24, 2.45) is 0 Å². The van der Waals surface area contributed by atoms with Crippen LogP contribution in [0.5, 0.6) is 0 Å². The molecule has 0 saturated carbocycles. The molecular formula is C10H14N4OS2. The van der Waals surface area contributed by atoms with Gasteiger partial charge in [0.1, 0.15) is 0 Å². The Kier molecular flexibility index (Phi) is 4.03. The van der Waals surface area contributed by atoms with E-state index >= 15 is 0 Å². The number of hydrogen-bond donors (Lipinski definition) is 1. The summed E-state index contributed by atoms with van der Waals surface area (Å²) in [4.78, 5) is 5.68. The number of nitrogens with zero attached hydrogens (tertiary/aromatic N) is 3. The minimum atomic E-state index is 0.494.